The molecule has 0 saturated carbocycles. The molecule has 1 unspecified atom stereocenters. The predicted molar refractivity (Wildman–Crippen MR) is 69.0 cm³/mol. The van der Waals surface area contributed by atoms with Crippen molar-refractivity contribution in [3.8, 4) is 0 Å². The normalized spacial score (nSPS) is 15.4. The second kappa shape index (κ2) is 5.98. The smallest absolute Gasteiger partial charge is 0.209 e. The molecule has 0 aromatic carbocycles. The zero-order chi connectivity index (χ0) is 13.0. The molecule has 0 fully saturated rings. The summed E-state index contributed by atoms with van der Waals surface area (Å²) in [6.45, 7) is 10.9. The van der Waals surface area contributed by atoms with Crippen molar-refractivity contribution in [2.45, 2.75) is 52.6 Å². The fraction of sp³-hybridized carbons (Fsp3) is 1.00. The molecular weight excluding hydrogens is 224 g/mol. The Bertz CT molecular complexity index is 297. The van der Waals surface area contributed by atoms with Crippen LogP contribution in [0.2, 0.25) is 0 Å². The van der Waals surface area contributed by atoms with Gasteiger partial charge in [-0.25, -0.2) is 13.1 Å². The molecule has 0 aromatic heterocycles. The molecule has 0 aliphatic heterocycles. The van der Waals surface area contributed by atoms with E-state index in [4.69, 9.17) is 0 Å². The Hall–Kier alpha value is -0.130. The van der Waals surface area contributed by atoms with Crippen molar-refractivity contribution >= 4 is 10.0 Å². The van der Waals surface area contributed by atoms with Gasteiger partial charge in [0.2, 0.25) is 10.0 Å². The zero-order valence-corrected chi connectivity index (χ0v) is 12.1. The summed E-state index contributed by atoms with van der Waals surface area (Å²) in [7, 11) is -3.14. The van der Waals surface area contributed by atoms with E-state index in [9.17, 15) is 8.42 Å². The van der Waals surface area contributed by atoms with Gasteiger partial charge in [0, 0.05) is 18.1 Å². The van der Waals surface area contributed by atoms with Crippen LogP contribution in [0, 0.1) is 5.92 Å². The minimum atomic E-state index is -3.14. The summed E-state index contributed by atoms with van der Waals surface area (Å²) >= 11 is 0. The van der Waals surface area contributed by atoms with Gasteiger partial charge in [0.15, 0.2) is 0 Å². The average molecular weight is 250 g/mol. The third-order valence-corrected chi connectivity index (χ3v) is 3.10. The van der Waals surface area contributed by atoms with E-state index in [-0.39, 0.29) is 0 Å². The molecule has 0 rings (SSSR count). The van der Waals surface area contributed by atoms with Crippen molar-refractivity contribution in [3.05, 3.63) is 0 Å². The van der Waals surface area contributed by atoms with Gasteiger partial charge < -0.3 is 5.32 Å². The summed E-state index contributed by atoms with van der Waals surface area (Å²) in [4.78, 5) is 0. The van der Waals surface area contributed by atoms with Crippen molar-refractivity contribution in [3.63, 3.8) is 0 Å². The van der Waals surface area contributed by atoms with E-state index >= 15 is 0 Å². The molecule has 0 radical (unpaired) electrons. The van der Waals surface area contributed by atoms with Gasteiger partial charge in [-0.05, 0) is 33.1 Å². The number of sulfonamides is 1. The lowest BCUT2D eigenvalue weighted by Gasteiger charge is -2.28. The molecule has 0 saturated heterocycles. The maximum absolute atomic E-state index is 11.1. The van der Waals surface area contributed by atoms with E-state index in [0.717, 1.165) is 6.42 Å². The highest BCUT2D eigenvalue weighted by Gasteiger charge is 2.22. The van der Waals surface area contributed by atoms with E-state index in [1.807, 2.05) is 13.8 Å². The Labute approximate surface area is 100 Å². The van der Waals surface area contributed by atoms with Crippen LogP contribution in [0.15, 0.2) is 0 Å². The van der Waals surface area contributed by atoms with Crippen molar-refractivity contribution in [2.24, 2.45) is 5.92 Å². The average Bonchev–Trinajstić information content (AvgIpc) is 1.95. The first-order valence-electron chi connectivity index (χ1n) is 5.74. The summed E-state index contributed by atoms with van der Waals surface area (Å²) in [5, 5.41) is 3.35. The molecule has 0 aromatic rings. The quantitative estimate of drug-likeness (QED) is 0.717. The SMILES string of the molecule is CC(C)CC(C)NCC(C)(C)NS(C)(=O)=O. The van der Waals surface area contributed by atoms with E-state index in [2.05, 4.69) is 30.8 Å². The highest BCUT2D eigenvalue weighted by atomic mass is 32.2. The molecule has 0 heterocycles. The van der Waals surface area contributed by atoms with E-state index in [1.165, 1.54) is 6.26 Å². The standard InChI is InChI=1S/C11H26N2O2S/c1-9(2)7-10(3)12-8-11(4,5)13-16(6,14)15/h9-10,12-13H,7-8H2,1-6H3. The molecule has 0 aliphatic rings. The van der Waals surface area contributed by atoms with E-state index < -0.39 is 15.6 Å². The second-order valence-corrected chi connectivity index (χ2v) is 7.42. The van der Waals surface area contributed by atoms with Gasteiger partial charge in [-0.2, -0.15) is 0 Å². The summed E-state index contributed by atoms with van der Waals surface area (Å²) in [5.74, 6) is 0.647. The molecule has 0 bridgehead atoms. The zero-order valence-electron chi connectivity index (χ0n) is 11.3. The van der Waals surface area contributed by atoms with Gasteiger partial charge in [-0.15, -0.1) is 0 Å². The van der Waals surface area contributed by atoms with Crippen molar-refractivity contribution in [1.82, 2.24) is 10.0 Å². The lowest BCUT2D eigenvalue weighted by molar-refractivity contribution is 0.368. The highest BCUT2D eigenvalue weighted by Crippen LogP contribution is 2.06. The van der Waals surface area contributed by atoms with Gasteiger partial charge in [0.25, 0.3) is 0 Å². The van der Waals surface area contributed by atoms with Crippen molar-refractivity contribution < 1.29 is 8.42 Å². The third-order valence-electron chi connectivity index (χ3n) is 2.18. The maximum atomic E-state index is 11.1. The topological polar surface area (TPSA) is 58.2 Å². The van der Waals surface area contributed by atoms with Gasteiger partial charge >= 0.3 is 0 Å². The van der Waals surface area contributed by atoms with E-state index in [0.29, 0.717) is 18.5 Å². The second-order valence-electron chi connectivity index (χ2n) is 5.67. The molecule has 1 atom stereocenters. The molecule has 16 heavy (non-hydrogen) atoms. The fourth-order valence-corrected chi connectivity index (χ4v) is 2.83. The Morgan fingerprint density at radius 3 is 2.06 bits per heavy atom. The Balaban J connectivity index is 4.08. The van der Waals surface area contributed by atoms with Gasteiger partial charge in [0.05, 0.1) is 6.26 Å². The highest BCUT2D eigenvalue weighted by molar-refractivity contribution is 7.88. The molecule has 0 spiro atoms. The van der Waals surface area contributed by atoms with E-state index in [1.54, 1.807) is 0 Å². The summed E-state index contributed by atoms with van der Waals surface area (Å²) < 4.78 is 24.9. The molecular formula is C11H26N2O2S. The Morgan fingerprint density at radius 2 is 1.69 bits per heavy atom. The number of hydrogen-bond acceptors (Lipinski definition) is 3. The Morgan fingerprint density at radius 1 is 1.19 bits per heavy atom. The minimum absolute atomic E-state index is 0.403. The number of hydrogen-bond donors (Lipinski definition) is 2. The summed E-state index contributed by atoms with van der Waals surface area (Å²) in [5.41, 5.74) is -0.446. The van der Waals surface area contributed by atoms with Crippen LogP contribution in [0.3, 0.4) is 0 Å². The molecule has 4 nitrogen and oxygen atoms in total. The molecule has 5 heteroatoms. The molecule has 2 N–H and O–H groups in total. The Kier molecular flexibility index (Phi) is 5.93. The van der Waals surface area contributed by atoms with Gasteiger partial charge in [-0.3, -0.25) is 0 Å². The maximum Gasteiger partial charge on any atom is 0.209 e. The lowest BCUT2D eigenvalue weighted by Crippen LogP contribution is -2.51. The lowest BCUT2D eigenvalue weighted by atomic mass is 10.0. The monoisotopic (exact) mass is 250 g/mol. The first-order chi connectivity index (χ1) is 7.02. The van der Waals surface area contributed by atoms with Crippen LogP contribution in [0.25, 0.3) is 0 Å². The van der Waals surface area contributed by atoms with Crippen LogP contribution in [-0.4, -0.2) is 32.8 Å². The number of nitrogens with one attached hydrogen (secondary N) is 2. The summed E-state index contributed by atoms with van der Waals surface area (Å²) in [6, 6.07) is 0.403. The fourth-order valence-electron chi connectivity index (χ4n) is 1.76. The predicted octanol–water partition coefficient (Wildman–Crippen LogP) is 1.34. The molecule has 98 valence electrons. The van der Waals surface area contributed by atoms with Crippen LogP contribution in [0.5, 0.6) is 0 Å². The van der Waals surface area contributed by atoms with Crippen molar-refractivity contribution in [1.29, 1.82) is 0 Å². The first-order valence-corrected chi connectivity index (χ1v) is 7.63. The molecule has 0 aliphatic carbocycles. The summed E-state index contributed by atoms with van der Waals surface area (Å²) in [6.07, 6.45) is 2.28. The largest absolute Gasteiger partial charge is 0.312 e. The van der Waals surface area contributed by atoms with Crippen LogP contribution >= 0.6 is 0 Å². The van der Waals surface area contributed by atoms with Gasteiger partial charge in [0.1, 0.15) is 0 Å². The minimum Gasteiger partial charge on any atom is -0.312 e. The first kappa shape index (κ1) is 15.9. The van der Waals surface area contributed by atoms with Crippen LogP contribution in [-0.2, 0) is 10.0 Å². The van der Waals surface area contributed by atoms with Crippen LogP contribution in [0.4, 0.5) is 0 Å². The van der Waals surface area contributed by atoms with Gasteiger partial charge in [-0.1, -0.05) is 13.8 Å². The number of rotatable bonds is 7. The molecule has 0 amide bonds. The third kappa shape index (κ3) is 9.12. The van der Waals surface area contributed by atoms with Crippen LogP contribution in [0.1, 0.15) is 41.0 Å². The van der Waals surface area contributed by atoms with Crippen molar-refractivity contribution in [2.75, 3.05) is 12.8 Å². The van der Waals surface area contributed by atoms with Crippen LogP contribution < -0.4 is 10.0 Å².